The topological polar surface area (TPSA) is 66.6 Å². The molecule has 0 bridgehead atoms. The van der Waals surface area contributed by atoms with Crippen molar-refractivity contribution in [2.45, 2.75) is 45.1 Å². The normalized spacial score (nSPS) is 26.3. The van der Waals surface area contributed by atoms with Crippen LogP contribution >= 0.6 is 12.4 Å². The predicted octanol–water partition coefficient (Wildman–Crippen LogP) is 1.01. The SMILES string of the molecule is CCCC(=O)N1CCCC(C(=O)N2CC[C@@H](N)C2)C1.Cl. The Bertz CT molecular complexity index is 351. The zero-order valence-electron chi connectivity index (χ0n) is 12.2. The highest BCUT2D eigenvalue weighted by Crippen LogP contribution is 2.21. The number of hydrogen-bond acceptors (Lipinski definition) is 3. The van der Waals surface area contributed by atoms with Crippen LogP contribution in [0.15, 0.2) is 0 Å². The van der Waals surface area contributed by atoms with Crippen LogP contribution in [0.5, 0.6) is 0 Å². The summed E-state index contributed by atoms with van der Waals surface area (Å²) in [7, 11) is 0. The average Bonchev–Trinajstić information content (AvgIpc) is 2.85. The summed E-state index contributed by atoms with van der Waals surface area (Å²) in [6.45, 7) is 4.87. The lowest BCUT2D eigenvalue weighted by Gasteiger charge is -2.34. The van der Waals surface area contributed by atoms with Crippen LogP contribution < -0.4 is 5.73 Å². The predicted molar refractivity (Wildman–Crippen MR) is 80.6 cm³/mol. The number of likely N-dealkylation sites (tertiary alicyclic amines) is 2. The zero-order valence-corrected chi connectivity index (χ0v) is 13.0. The van der Waals surface area contributed by atoms with E-state index < -0.39 is 0 Å². The molecule has 2 rings (SSSR count). The first-order chi connectivity index (χ1) is 9.11. The van der Waals surface area contributed by atoms with Gasteiger partial charge in [0.25, 0.3) is 0 Å². The van der Waals surface area contributed by atoms with E-state index in [1.165, 1.54) is 0 Å². The maximum absolute atomic E-state index is 12.4. The molecule has 5 nitrogen and oxygen atoms in total. The Labute approximate surface area is 127 Å². The summed E-state index contributed by atoms with van der Waals surface area (Å²) in [6.07, 6.45) is 4.20. The van der Waals surface area contributed by atoms with E-state index in [0.717, 1.165) is 38.8 Å². The molecule has 0 aromatic heterocycles. The van der Waals surface area contributed by atoms with Gasteiger partial charge in [-0.1, -0.05) is 6.92 Å². The Morgan fingerprint density at radius 3 is 2.50 bits per heavy atom. The molecular formula is C14H26ClN3O2. The van der Waals surface area contributed by atoms with E-state index in [1.807, 2.05) is 16.7 Å². The van der Waals surface area contributed by atoms with Crippen LogP contribution in [0.1, 0.15) is 39.0 Å². The average molecular weight is 304 g/mol. The fourth-order valence-electron chi connectivity index (χ4n) is 3.02. The summed E-state index contributed by atoms with van der Waals surface area (Å²) >= 11 is 0. The highest BCUT2D eigenvalue weighted by atomic mass is 35.5. The number of carbonyl (C=O) groups excluding carboxylic acids is 2. The van der Waals surface area contributed by atoms with Gasteiger partial charge in [-0.3, -0.25) is 9.59 Å². The molecule has 0 aromatic rings. The smallest absolute Gasteiger partial charge is 0.227 e. The van der Waals surface area contributed by atoms with Crippen molar-refractivity contribution in [3.8, 4) is 0 Å². The third kappa shape index (κ3) is 4.09. The van der Waals surface area contributed by atoms with Crippen molar-refractivity contribution in [1.29, 1.82) is 0 Å². The highest BCUT2D eigenvalue weighted by Gasteiger charge is 2.33. The van der Waals surface area contributed by atoms with Crippen molar-refractivity contribution in [3.05, 3.63) is 0 Å². The summed E-state index contributed by atoms with van der Waals surface area (Å²) < 4.78 is 0. The van der Waals surface area contributed by atoms with Crippen LogP contribution in [0.4, 0.5) is 0 Å². The first-order valence-corrected chi connectivity index (χ1v) is 7.44. The molecule has 20 heavy (non-hydrogen) atoms. The van der Waals surface area contributed by atoms with Crippen molar-refractivity contribution in [3.63, 3.8) is 0 Å². The van der Waals surface area contributed by atoms with Gasteiger partial charge in [-0.05, 0) is 25.7 Å². The summed E-state index contributed by atoms with van der Waals surface area (Å²) in [5, 5.41) is 0. The number of nitrogens with zero attached hydrogens (tertiary/aromatic N) is 2. The second-order valence-electron chi connectivity index (χ2n) is 5.76. The van der Waals surface area contributed by atoms with Crippen molar-refractivity contribution in [2.75, 3.05) is 26.2 Å². The number of amides is 2. The largest absolute Gasteiger partial charge is 0.342 e. The molecule has 2 aliphatic rings. The van der Waals surface area contributed by atoms with E-state index in [9.17, 15) is 9.59 Å². The molecule has 2 heterocycles. The standard InChI is InChI=1S/C14H25N3O2.ClH/c1-2-4-13(18)16-7-3-5-11(9-16)14(19)17-8-6-12(15)10-17;/h11-12H,2-10,15H2,1H3;1H/t11?,12-;/m1./s1. The Balaban J connectivity index is 0.00000200. The van der Waals surface area contributed by atoms with Crippen molar-refractivity contribution in [1.82, 2.24) is 9.80 Å². The summed E-state index contributed by atoms with van der Waals surface area (Å²) in [4.78, 5) is 28.1. The number of carbonyl (C=O) groups is 2. The molecule has 2 fully saturated rings. The van der Waals surface area contributed by atoms with E-state index in [2.05, 4.69) is 0 Å². The van der Waals surface area contributed by atoms with E-state index in [4.69, 9.17) is 5.73 Å². The number of rotatable bonds is 3. The van der Waals surface area contributed by atoms with Gasteiger partial charge in [-0.15, -0.1) is 12.4 Å². The maximum atomic E-state index is 12.4. The minimum Gasteiger partial charge on any atom is -0.342 e. The van der Waals surface area contributed by atoms with Crippen LogP contribution in [-0.2, 0) is 9.59 Å². The lowest BCUT2D eigenvalue weighted by Crippen LogP contribution is -2.46. The fraction of sp³-hybridized carbons (Fsp3) is 0.857. The second kappa shape index (κ2) is 7.84. The minimum atomic E-state index is -0.0140. The van der Waals surface area contributed by atoms with Crippen LogP contribution in [0.25, 0.3) is 0 Å². The molecule has 2 saturated heterocycles. The number of hydrogen-bond donors (Lipinski definition) is 1. The van der Waals surface area contributed by atoms with Crippen LogP contribution in [0.2, 0.25) is 0 Å². The molecule has 2 amide bonds. The lowest BCUT2D eigenvalue weighted by molar-refractivity contribution is -0.140. The monoisotopic (exact) mass is 303 g/mol. The van der Waals surface area contributed by atoms with Crippen molar-refractivity contribution >= 4 is 24.2 Å². The lowest BCUT2D eigenvalue weighted by atomic mass is 9.96. The molecule has 2 aliphatic heterocycles. The maximum Gasteiger partial charge on any atom is 0.227 e. The van der Waals surface area contributed by atoms with Gasteiger partial charge in [-0.2, -0.15) is 0 Å². The van der Waals surface area contributed by atoms with Crippen molar-refractivity contribution in [2.24, 2.45) is 11.7 Å². The van der Waals surface area contributed by atoms with Gasteiger partial charge in [0, 0.05) is 38.6 Å². The number of nitrogens with two attached hydrogens (primary N) is 1. The van der Waals surface area contributed by atoms with Gasteiger partial charge in [0.15, 0.2) is 0 Å². The van der Waals surface area contributed by atoms with Gasteiger partial charge < -0.3 is 15.5 Å². The number of halogens is 1. The van der Waals surface area contributed by atoms with Gasteiger partial charge in [0.1, 0.15) is 0 Å². The Morgan fingerprint density at radius 2 is 1.90 bits per heavy atom. The first-order valence-electron chi connectivity index (χ1n) is 7.44. The molecule has 0 aliphatic carbocycles. The van der Waals surface area contributed by atoms with E-state index in [0.29, 0.717) is 19.5 Å². The molecule has 2 atom stereocenters. The molecular weight excluding hydrogens is 278 g/mol. The van der Waals surface area contributed by atoms with Crippen LogP contribution in [0.3, 0.4) is 0 Å². The van der Waals surface area contributed by atoms with E-state index >= 15 is 0 Å². The summed E-state index contributed by atoms with van der Waals surface area (Å²) in [6, 6.07) is 0.130. The summed E-state index contributed by atoms with van der Waals surface area (Å²) in [5.41, 5.74) is 5.85. The number of piperidine rings is 1. The molecule has 1 unspecified atom stereocenters. The molecule has 6 heteroatoms. The zero-order chi connectivity index (χ0) is 13.8. The van der Waals surface area contributed by atoms with Gasteiger partial charge >= 0.3 is 0 Å². The Kier molecular flexibility index (Phi) is 6.76. The molecule has 0 aromatic carbocycles. The molecule has 0 radical (unpaired) electrons. The fourth-order valence-corrected chi connectivity index (χ4v) is 3.02. The third-order valence-corrected chi connectivity index (χ3v) is 4.12. The third-order valence-electron chi connectivity index (χ3n) is 4.12. The van der Waals surface area contributed by atoms with E-state index in [1.54, 1.807) is 0 Å². The van der Waals surface area contributed by atoms with Gasteiger partial charge in [-0.25, -0.2) is 0 Å². The Morgan fingerprint density at radius 1 is 1.15 bits per heavy atom. The molecule has 0 spiro atoms. The van der Waals surface area contributed by atoms with Crippen LogP contribution in [0, 0.1) is 5.92 Å². The first kappa shape index (κ1) is 17.2. The summed E-state index contributed by atoms with van der Waals surface area (Å²) in [5.74, 6) is 0.375. The van der Waals surface area contributed by atoms with E-state index in [-0.39, 0.29) is 36.2 Å². The molecule has 116 valence electrons. The van der Waals surface area contributed by atoms with Crippen molar-refractivity contribution < 1.29 is 9.59 Å². The highest BCUT2D eigenvalue weighted by molar-refractivity contribution is 5.85. The minimum absolute atomic E-state index is 0. The second-order valence-corrected chi connectivity index (χ2v) is 5.76. The molecule has 0 saturated carbocycles. The van der Waals surface area contributed by atoms with Gasteiger partial charge in [0.05, 0.1) is 5.92 Å². The van der Waals surface area contributed by atoms with Crippen LogP contribution in [-0.4, -0.2) is 53.8 Å². The Hall–Kier alpha value is -0.810. The quantitative estimate of drug-likeness (QED) is 0.846. The van der Waals surface area contributed by atoms with Gasteiger partial charge in [0.2, 0.25) is 11.8 Å². The molecule has 2 N–H and O–H groups in total.